The Balaban J connectivity index is 1.76. The first-order chi connectivity index (χ1) is 14.5. The van der Waals surface area contributed by atoms with E-state index in [1.807, 2.05) is 35.7 Å². The number of nitrogens with one attached hydrogen (secondary N) is 1. The van der Waals surface area contributed by atoms with Crippen LogP contribution < -0.4 is 5.32 Å². The Hall–Kier alpha value is -2.43. The standard InChI is InChI=1S/C20H23N3O5S2/c24-18(25)10-23-16(13-4-2-1-3-5-13)12-29-11-15(19(23)26)22-14(20(27)28)6-7-17-21-8-9-30-17/h1-5,8-9,14-16,22H,6-7,10-12H2,(H,24,25)(H,27,28). The summed E-state index contributed by atoms with van der Waals surface area (Å²) in [5, 5.41) is 24.6. The predicted molar refractivity (Wildman–Crippen MR) is 115 cm³/mol. The number of nitrogens with zero attached hydrogens (tertiary/aromatic N) is 2. The number of hydrogen-bond acceptors (Lipinski definition) is 7. The SMILES string of the molecule is O=C(O)CN1C(=O)C(NC(CCc2nccs2)C(=O)O)CSCC1c1ccccc1. The lowest BCUT2D eigenvalue weighted by Gasteiger charge is -2.31. The van der Waals surface area contributed by atoms with E-state index in [0.717, 1.165) is 10.6 Å². The first-order valence-corrected chi connectivity index (χ1v) is 11.5. The number of thiazole rings is 1. The van der Waals surface area contributed by atoms with Crippen molar-refractivity contribution in [1.29, 1.82) is 0 Å². The van der Waals surface area contributed by atoms with Crippen molar-refractivity contribution in [3.8, 4) is 0 Å². The second-order valence-electron chi connectivity index (χ2n) is 6.90. The molecule has 1 fully saturated rings. The van der Waals surface area contributed by atoms with Crippen molar-refractivity contribution in [1.82, 2.24) is 15.2 Å². The van der Waals surface area contributed by atoms with E-state index >= 15 is 0 Å². The topological polar surface area (TPSA) is 120 Å². The van der Waals surface area contributed by atoms with Crippen molar-refractivity contribution in [2.24, 2.45) is 0 Å². The van der Waals surface area contributed by atoms with E-state index in [-0.39, 0.29) is 6.04 Å². The van der Waals surface area contributed by atoms with E-state index in [9.17, 15) is 24.6 Å². The monoisotopic (exact) mass is 449 g/mol. The fourth-order valence-corrected chi connectivity index (χ4v) is 5.22. The van der Waals surface area contributed by atoms with Crippen LogP contribution in [0, 0.1) is 0 Å². The van der Waals surface area contributed by atoms with Gasteiger partial charge in [-0.2, -0.15) is 11.8 Å². The molecule has 3 unspecified atom stereocenters. The van der Waals surface area contributed by atoms with Crippen molar-refractivity contribution in [2.75, 3.05) is 18.1 Å². The highest BCUT2D eigenvalue weighted by Gasteiger charge is 2.37. The van der Waals surface area contributed by atoms with Crippen LogP contribution in [0.25, 0.3) is 0 Å². The smallest absolute Gasteiger partial charge is 0.323 e. The van der Waals surface area contributed by atoms with Gasteiger partial charge in [0.1, 0.15) is 12.6 Å². The quantitative estimate of drug-likeness (QED) is 0.531. The van der Waals surface area contributed by atoms with Gasteiger partial charge >= 0.3 is 11.9 Å². The predicted octanol–water partition coefficient (Wildman–Crippen LogP) is 1.89. The number of rotatable bonds is 9. The average Bonchev–Trinajstić information content (AvgIpc) is 3.19. The van der Waals surface area contributed by atoms with Crippen LogP contribution in [0.15, 0.2) is 41.9 Å². The van der Waals surface area contributed by atoms with E-state index in [4.69, 9.17) is 0 Å². The summed E-state index contributed by atoms with van der Waals surface area (Å²) >= 11 is 2.97. The molecule has 30 heavy (non-hydrogen) atoms. The molecule has 1 aromatic carbocycles. The maximum Gasteiger partial charge on any atom is 0.323 e. The van der Waals surface area contributed by atoms with Crippen LogP contribution in [-0.4, -0.2) is 68.1 Å². The maximum atomic E-state index is 13.2. The molecule has 2 aromatic rings. The van der Waals surface area contributed by atoms with Crippen molar-refractivity contribution in [3.63, 3.8) is 0 Å². The maximum absolute atomic E-state index is 13.2. The van der Waals surface area contributed by atoms with Crippen LogP contribution in [0.2, 0.25) is 0 Å². The van der Waals surface area contributed by atoms with E-state index in [0.29, 0.717) is 24.3 Å². The number of amides is 1. The Morgan fingerprint density at radius 3 is 2.63 bits per heavy atom. The van der Waals surface area contributed by atoms with Crippen LogP contribution in [0.3, 0.4) is 0 Å². The molecular weight excluding hydrogens is 426 g/mol. The number of aliphatic carboxylic acids is 2. The summed E-state index contributed by atoms with van der Waals surface area (Å²) in [5.41, 5.74) is 0.860. The number of benzene rings is 1. The zero-order valence-electron chi connectivity index (χ0n) is 16.1. The average molecular weight is 450 g/mol. The lowest BCUT2D eigenvalue weighted by atomic mass is 10.1. The van der Waals surface area contributed by atoms with Gasteiger partial charge in [-0.15, -0.1) is 11.3 Å². The Bertz CT molecular complexity index is 863. The van der Waals surface area contributed by atoms with E-state index in [1.54, 1.807) is 6.20 Å². The highest BCUT2D eigenvalue weighted by molar-refractivity contribution is 7.99. The summed E-state index contributed by atoms with van der Waals surface area (Å²) in [6, 6.07) is 7.21. The summed E-state index contributed by atoms with van der Waals surface area (Å²) in [5.74, 6) is -1.62. The minimum Gasteiger partial charge on any atom is -0.480 e. The first-order valence-electron chi connectivity index (χ1n) is 9.48. The van der Waals surface area contributed by atoms with E-state index < -0.39 is 36.5 Å². The second kappa shape index (κ2) is 10.6. The van der Waals surface area contributed by atoms with Gasteiger partial charge in [0, 0.05) is 29.5 Å². The number of carbonyl (C=O) groups is 3. The molecular formula is C20H23N3O5S2. The Morgan fingerprint density at radius 2 is 2.00 bits per heavy atom. The Labute approximate surface area is 182 Å². The van der Waals surface area contributed by atoms with Crippen LogP contribution in [0.4, 0.5) is 0 Å². The number of hydrogen-bond donors (Lipinski definition) is 3. The number of aryl methyl sites for hydroxylation is 1. The molecule has 1 aromatic heterocycles. The molecule has 3 rings (SSSR count). The van der Waals surface area contributed by atoms with Gasteiger partial charge in [-0.05, 0) is 12.0 Å². The van der Waals surface area contributed by atoms with Crippen molar-refractivity contribution in [2.45, 2.75) is 31.0 Å². The number of aromatic nitrogens is 1. The molecule has 1 aliphatic rings. The third-order valence-electron chi connectivity index (χ3n) is 4.84. The van der Waals surface area contributed by atoms with Crippen molar-refractivity contribution >= 4 is 40.9 Å². The molecule has 1 aliphatic heterocycles. The summed E-state index contributed by atoms with van der Waals surface area (Å²) in [6.07, 6.45) is 2.45. The van der Waals surface area contributed by atoms with Gasteiger partial charge in [0.25, 0.3) is 0 Å². The number of carbonyl (C=O) groups excluding carboxylic acids is 1. The molecule has 160 valence electrons. The summed E-state index contributed by atoms with van der Waals surface area (Å²) < 4.78 is 0. The fraction of sp³-hybridized carbons (Fsp3) is 0.400. The third kappa shape index (κ3) is 5.80. The van der Waals surface area contributed by atoms with E-state index in [1.165, 1.54) is 28.0 Å². The molecule has 1 saturated heterocycles. The van der Waals surface area contributed by atoms with Gasteiger partial charge in [0.2, 0.25) is 5.91 Å². The second-order valence-corrected chi connectivity index (χ2v) is 8.95. The van der Waals surface area contributed by atoms with Crippen LogP contribution >= 0.6 is 23.1 Å². The lowest BCUT2D eigenvalue weighted by molar-refractivity contribution is -0.147. The van der Waals surface area contributed by atoms with E-state index in [2.05, 4.69) is 10.3 Å². The minimum absolute atomic E-state index is 0.290. The third-order valence-corrected chi connectivity index (χ3v) is 6.80. The molecule has 0 spiro atoms. The normalized spacial score (nSPS) is 20.5. The molecule has 0 radical (unpaired) electrons. The number of carboxylic acid groups (broad SMARTS) is 2. The molecule has 1 amide bonds. The largest absolute Gasteiger partial charge is 0.480 e. The van der Waals surface area contributed by atoms with Crippen LogP contribution in [0.5, 0.6) is 0 Å². The van der Waals surface area contributed by atoms with Gasteiger partial charge in [-0.1, -0.05) is 30.3 Å². The van der Waals surface area contributed by atoms with Gasteiger partial charge in [0.15, 0.2) is 0 Å². The highest BCUT2D eigenvalue weighted by atomic mass is 32.2. The van der Waals surface area contributed by atoms with Crippen molar-refractivity contribution < 1.29 is 24.6 Å². The first kappa shape index (κ1) is 22.3. The molecule has 3 N–H and O–H groups in total. The highest BCUT2D eigenvalue weighted by Crippen LogP contribution is 2.29. The summed E-state index contributed by atoms with van der Waals surface area (Å²) in [4.78, 5) is 42.0. The van der Waals surface area contributed by atoms with Crippen molar-refractivity contribution in [3.05, 3.63) is 52.5 Å². The summed E-state index contributed by atoms with van der Waals surface area (Å²) in [6.45, 7) is -0.437. The van der Waals surface area contributed by atoms with Gasteiger partial charge < -0.3 is 15.1 Å². The Kier molecular flexibility index (Phi) is 7.83. The molecule has 2 heterocycles. The zero-order chi connectivity index (χ0) is 21.5. The molecule has 0 saturated carbocycles. The molecule has 3 atom stereocenters. The molecule has 10 heteroatoms. The lowest BCUT2D eigenvalue weighted by Crippen LogP contribution is -2.53. The van der Waals surface area contributed by atoms with Crippen LogP contribution in [-0.2, 0) is 20.8 Å². The zero-order valence-corrected chi connectivity index (χ0v) is 17.8. The molecule has 0 aliphatic carbocycles. The summed E-state index contributed by atoms with van der Waals surface area (Å²) in [7, 11) is 0. The molecule has 8 nitrogen and oxygen atoms in total. The van der Waals surface area contributed by atoms with Crippen LogP contribution in [0.1, 0.15) is 23.0 Å². The number of thioether (sulfide) groups is 1. The van der Waals surface area contributed by atoms with Gasteiger partial charge in [-0.3, -0.25) is 19.7 Å². The number of carboxylic acids is 2. The Morgan fingerprint density at radius 1 is 1.23 bits per heavy atom. The fourth-order valence-electron chi connectivity index (χ4n) is 3.38. The molecule has 0 bridgehead atoms. The minimum atomic E-state index is -1.10. The van der Waals surface area contributed by atoms with Gasteiger partial charge in [-0.25, -0.2) is 4.98 Å². The van der Waals surface area contributed by atoms with Gasteiger partial charge in [0.05, 0.1) is 17.1 Å².